The molecule has 1 fully saturated rings. The maximum absolute atomic E-state index is 15.4. The largest absolute Gasteiger partial charge is 0.449 e. The number of fused-ring (bicyclic) bond motifs is 3. The van der Waals surface area contributed by atoms with Gasteiger partial charge in [-0.3, -0.25) is 4.79 Å². The second-order valence-corrected chi connectivity index (χ2v) is 9.78. The molecule has 3 heterocycles. The van der Waals surface area contributed by atoms with Gasteiger partial charge in [0.25, 0.3) is 12.3 Å². The Bertz CT molecular complexity index is 1570. The quantitative estimate of drug-likeness (QED) is 0.307. The molecule has 1 saturated carbocycles. The minimum atomic E-state index is -6.53. The molecule has 2 aliphatic rings. The number of nitrogens with zero attached hydrogens (tertiary/aromatic N) is 5. The molecule has 1 unspecified atom stereocenters. The maximum Gasteiger partial charge on any atom is 0.437 e. The molecule has 2 aromatic heterocycles. The lowest BCUT2D eigenvalue weighted by molar-refractivity contribution is -0.350. The van der Waals surface area contributed by atoms with Crippen LogP contribution in [0.3, 0.4) is 0 Å². The zero-order chi connectivity index (χ0) is 30.9. The Morgan fingerprint density at radius 3 is 2.36 bits per heavy atom. The number of benzene rings is 1. The third-order valence-corrected chi connectivity index (χ3v) is 6.96. The summed E-state index contributed by atoms with van der Waals surface area (Å²) >= 11 is 6.23. The molecule has 2 amide bonds. The second-order valence-electron chi connectivity index (χ2n) is 9.37. The SMILES string of the molecule is CCOC(=O)N(C(=O)c1cc(-c2cnn3c2C(F)Oc2c(C(F)(C(F)(F)F)C(F)(F)F)nn(C)c2-3)ccc1Cl)C1CC1. The highest BCUT2D eigenvalue weighted by Crippen LogP contribution is 2.57. The molecule has 226 valence electrons. The predicted octanol–water partition coefficient (Wildman–Crippen LogP) is 6.34. The highest BCUT2D eigenvalue weighted by molar-refractivity contribution is 6.34. The van der Waals surface area contributed by atoms with Crippen molar-refractivity contribution in [2.24, 2.45) is 7.05 Å². The van der Waals surface area contributed by atoms with Gasteiger partial charge in [-0.1, -0.05) is 17.7 Å². The minimum absolute atomic E-state index is 0.00325. The van der Waals surface area contributed by atoms with E-state index in [0.717, 1.165) is 18.1 Å². The average Bonchev–Trinajstić information content (AvgIpc) is 3.52. The van der Waals surface area contributed by atoms with Crippen LogP contribution in [0.4, 0.5) is 39.9 Å². The van der Waals surface area contributed by atoms with Crippen LogP contribution in [0, 0.1) is 0 Å². The minimum Gasteiger partial charge on any atom is -0.449 e. The van der Waals surface area contributed by atoms with E-state index in [1.807, 2.05) is 0 Å². The van der Waals surface area contributed by atoms with E-state index in [1.54, 1.807) is 6.92 Å². The van der Waals surface area contributed by atoms with E-state index in [2.05, 4.69) is 10.2 Å². The fourth-order valence-corrected chi connectivity index (χ4v) is 4.73. The molecule has 9 nitrogen and oxygen atoms in total. The van der Waals surface area contributed by atoms with E-state index >= 15 is 4.39 Å². The van der Waals surface area contributed by atoms with E-state index < -0.39 is 65.4 Å². The molecule has 0 radical (unpaired) electrons. The number of halogens is 9. The molecule has 3 aromatic rings. The molecule has 18 heteroatoms. The Labute approximate surface area is 235 Å². The predicted molar refractivity (Wildman–Crippen MR) is 126 cm³/mol. The van der Waals surface area contributed by atoms with Crippen molar-refractivity contribution in [1.82, 2.24) is 24.5 Å². The van der Waals surface area contributed by atoms with Crippen LogP contribution in [0.5, 0.6) is 5.75 Å². The molecule has 1 aromatic carbocycles. The Hall–Kier alpha value is -3.89. The normalized spacial score (nSPS) is 16.9. The van der Waals surface area contributed by atoms with E-state index in [0.29, 0.717) is 22.2 Å². The van der Waals surface area contributed by atoms with Gasteiger partial charge in [-0.25, -0.2) is 23.4 Å². The number of carbonyl (C=O) groups is 2. The smallest absolute Gasteiger partial charge is 0.437 e. The summed E-state index contributed by atoms with van der Waals surface area (Å²) in [4.78, 5) is 26.6. The van der Waals surface area contributed by atoms with Crippen LogP contribution in [0.15, 0.2) is 24.4 Å². The number of imide groups is 1. The van der Waals surface area contributed by atoms with Crippen LogP contribution in [0.2, 0.25) is 5.02 Å². The topological polar surface area (TPSA) is 91.5 Å². The summed E-state index contributed by atoms with van der Waals surface area (Å²) in [5, 5.41) is 6.87. The van der Waals surface area contributed by atoms with E-state index in [1.165, 1.54) is 18.2 Å². The molecule has 0 saturated heterocycles. The van der Waals surface area contributed by atoms with E-state index in [9.17, 15) is 40.3 Å². The van der Waals surface area contributed by atoms with Gasteiger partial charge in [-0.2, -0.15) is 40.9 Å². The number of carbonyl (C=O) groups excluding carboxylic acids is 2. The maximum atomic E-state index is 15.4. The van der Waals surface area contributed by atoms with Gasteiger partial charge < -0.3 is 9.47 Å². The number of aryl methyl sites for hydroxylation is 1. The molecule has 42 heavy (non-hydrogen) atoms. The molecule has 1 aliphatic heterocycles. The third-order valence-electron chi connectivity index (χ3n) is 6.63. The molecular weight excluding hydrogens is 610 g/mol. The molecule has 0 bridgehead atoms. The first-order valence-electron chi connectivity index (χ1n) is 12.1. The van der Waals surface area contributed by atoms with Gasteiger partial charge in [-0.15, -0.1) is 0 Å². The van der Waals surface area contributed by atoms with E-state index in [-0.39, 0.29) is 28.3 Å². The molecule has 0 spiro atoms. The lowest BCUT2D eigenvalue weighted by atomic mass is 9.99. The number of aromatic nitrogens is 4. The summed E-state index contributed by atoms with van der Waals surface area (Å²) in [6, 6.07) is 3.38. The van der Waals surface area contributed by atoms with Crippen molar-refractivity contribution < 1.29 is 54.2 Å². The van der Waals surface area contributed by atoms with Crippen LogP contribution in [0.1, 0.15) is 47.9 Å². The van der Waals surface area contributed by atoms with Crippen molar-refractivity contribution in [3.05, 3.63) is 46.4 Å². The van der Waals surface area contributed by atoms with E-state index in [4.69, 9.17) is 21.1 Å². The lowest BCUT2D eigenvalue weighted by Crippen LogP contribution is -2.51. The summed E-state index contributed by atoms with van der Waals surface area (Å²) in [6.07, 6.45) is -14.6. The van der Waals surface area contributed by atoms with Gasteiger partial charge in [0.15, 0.2) is 17.3 Å². The van der Waals surface area contributed by atoms with Crippen LogP contribution in [0.25, 0.3) is 16.9 Å². The van der Waals surface area contributed by atoms with Crippen LogP contribution in [-0.2, 0) is 17.5 Å². The fraction of sp³-hybridized carbons (Fsp3) is 0.417. The highest BCUT2D eigenvalue weighted by Gasteiger charge is 2.76. The zero-order valence-electron chi connectivity index (χ0n) is 21.4. The van der Waals surface area contributed by atoms with Crippen LogP contribution < -0.4 is 4.74 Å². The first-order valence-corrected chi connectivity index (χ1v) is 12.5. The van der Waals surface area contributed by atoms with Crippen molar-refractivity contribution in [3.8, 4) is 22.7 Å². The third kappa shape index (κ3) is 4.44. The first kappa shape index (κ1) is 29.6. The fourth-order valence-electron chi connectivity index (χ4n) is 4.53. The molecule has 0 N–H and O–H groups in total. The van der Waals surface area contributed by atoms with Crippen LogP contribution >= 0.6 is 11.6 Å². The number of rotatable bonds is 5. The standard InChI is InChI=1S/C24H18ClF8N5O4/c1-3-41-21(40)37(11-5-6-11)20(39)12-8-10(4-7-14(12)25)13-9-34-38-15(13)18(26)42-16-17(35-36(2)19(16)38)22(27,23(28,29)30)24(31,32)33/h4,7-9,11,18H,3,5-6H2,1-2H3. The van der Waals surface area contributed by atoms with Gasteiger partial charge in [0, 0.05) is 18.7 Å². The number of hydrogen-bond donors (Lipinski definition) is 0. The number of hydrogen-bond acceptors (Lipinski definition) is 6. The first-order chi connectivity index (χ1) is 19.5. The Morgan fingerprint density at radius 1 is 1.14 bits per heavy atom. The van der Waals surface area contributed by atoms with Crippen molar-refractivity contribution in [1.29, 1.82) is 0 Å². The summed E-state index contributed by atoms with van der Waals surface area (Å²) in [7, 11) is 0.892. The van der Waals surface area contributed by atoms with Gasteiger partial charge in [0.1, 0.15) is 5.69 Å². The van der Waals surface area contributed by atoms with Crippen molar-refractivity contribution in [2.75, 3.05) is 6.61 Å². The molecular formula is C24H18ClF8N5O4. The summed E-state index contributed by atoms with van der Waals surface area (Å²) in [5.41, 5.74) is -8.95. The Kier molecular flexibility index (Phi) is 6.94. The summed E-state index contributed by atoms with van der Waals surface area (Å²) in [5.74, 6) is -2.98. The lowest BCUT2D eigenvalue weighted by Gasteiger charge is -2.30. The summed E-state index contributed by atoms with van der Waals surface area (Å²) < 4.78 is 122. The number of ether oxygens (including phenoxy) is 2. The number of amides is 2. The van der Waals surface area contributed by atoms with Crippen molar-refractivity contribution in [2.45, 2.75) is 50.2 Å². The van der Waals surface area contributed by atoms with Gasteiger partial charge in [-0.05, 0) is 37.5 Å². The summed E-state index contributed by atoms with van der Waals surface area (Å²) in [6.45, 7) is 1.55. The Morgan fingerprint density at radius 2 is 1.79 bits per heavy atom. The van der Waals surface area contributed by atoms with Crippen molar-refractivity contribution >= 4 is 23.6 Å². The average molecular weight is 628 g/mol. The van der Waals surface area contributed by atoms with Gasteiger partial charge in [0.2, 0.25) is 0 Å². The monoisotopic (exact) mass is 627 g/mol. The molecule has 1 aliphatic carbocycles. The molecule has 1 atom stereocenters. The van der Waals surface area contributed by atoms with Crippen LogP contribution in [-0.4, -0.2) is 61.5 Å². The number of alkyl halides is 8. The highest BCUT2D eigenvalue weighted by atomic mass is 35.5. The second kappa shape index (κ2) is 9.84. The van der Waals surface area contributed by atoms with Crippen molar-refractivity contribution in [3.63, 3.8) is 0 Å². The molecule has 5 rings (SSSR count). The Balaban J connectivity index is 1.61. The van der Waals surface area contributed by atoms with Gasteiger partial charge in [0.05, 0.1) is 23.4 Å². The zero-order valence-corrected chi connectivity index (χ0v) is 22.1. The van der Waals surface area contributed by atoms with Gasteiger partial charge >= 0.3 is 24.1 Å².